The predicted molar refractivity (Wildman–Crippen MR) is 85.4 cm³/mol. The number of halogens is 1. The van der Waals surface area contributed by atoms with Crippen LogP contribution in [0.3, 0.4) is 0 Å². The number of carbonyl (C=O) groups excluding carboxylic acids is 1. The van der Waals surface area contributed by atoms with Gasteiger partial charge in [0.1, 0.15) is 5.82 Å². The van der Waals surface area contributed by atoms with Crippen LogP contribution < -0.4 is 0 Å². The Morgan fingerprint density at radius 1 is 1.39 bits per heavy atom. The van der Waals surface area contributed by atoms with Crippen LogP contribution in [0.5, 0.6) is 0 Å². The van der Waals surface area contributed by atoms with Gasteiger partial charge in [-0.05, 0) is 56.7 Å². The highest BCUT2D eigenvalue weighted by atomic mass is 19.1. The molecule has 1 heterocycles. The van der Waals surface area contributed by atoms with Crippen LogP contribution in [0.25, 0.3) is 0 Å². The number of benzene rings is 1. The number of amides is 1. The van der Waals surface area contributed by atoms with Crippen LogP contribution in [-0.4, -0.2) is 35.0 Å². The number of carboxylic acids is 1. The molecule has 0 saturated carbocycles. The van der Waals surface area contributed by atoms with Gasteiger partial charge in [-0.15, -0.1) is 0 Å². The largest absolute Gasteiger partial charge is 0.481 e. The second-order valence-electron chi connectivity index (χ2n) is 6.84. The Bertz CT molecular complexity index is 585. The number of nitrogens with zero attached hydrogens (tertiary/aromatic N) is 1. The molecular weight excluding hydrogens is 297 g/mol. The van der Waals surface area contributed by atoms with Gasteiger partial charge in [-0.3, -0.25) is 9.59 Å². The standard InChI is InChI=1S/C18H24FNO3/c1-18(2,17(22)23)14-6-4-10-20(12-14)16(21)9-8-13-5-3-7-15(19)11-13/h3,5,7,11,14H,4,6,8-10,12H2,1-2H3,(H,22,23)/t14-/m1/s1. The first-order chi connectivity index (χ1) is 10.8. The summed E-state index contributed by atoms with van der Waals surface area (Å²) in [6.45, 7) is 4.61. The highest BCUT2D eigenvalue weighted by molar-refractivity contribution is 5.77. The fourth-order valence-electron chi connectivity index (χ4n) is 3.07. The molecule has 0 aromatic heterocycles. The number of aryl methyl sites for hydroxylation is 1. The normalized spacial score (nSPS) is 18.7. The number of carboxylic acid groups (broad SMARTS) is 1. The fraction of sp³-hybridized carbons (Fsp3) is 0.556. The molecule has 1 aromatic rings. The van der Waals surface area contributed by atoms with Gasteiger partial charge in [0.15, 0.2) is 0 Å². The minimum absolute atomic E-state index is 0.0140. The number of hydrogen-bond donors (Lipinski definition) is 1. The molecule has 1 saturated heterocycles. The number of aliphatic carboxylic acids is 1. The molecule has 1 aliphatic rings. The summed E-state index contributed by atoms with van der Waals surface area (Å²) in [4.78, 5) is 25.5. The molecule has 1 amide bonds. The van der Waals surface area contributed by atoms with Gasteiger partial charge in [0, 0.05) is 19.5 Å². The Hall–Kier alpha value is -1.91. The number of rotatable bonds is 5. The summed E-state index contributed by atoms with van der Waals surface area (Å²) in [6, 6.07) is 6.28. The molecule has 1 aromatic carbocycles. The second-order valence-corrected chi connectivity index (χ2v) is 6.84. The van der Waals surface area contributed by atoms with Crippen LogP contribution in [0.15, 0.2) is 24.3 Å². The summed E-state index contributed by atoms with van der Waals surface area (Å²) >= 11 is 0. The van der Waals surface area contributed by atoms with E-state index in [0.29, 0.717) is 25.9 Å². The highest BCUT2D eigenvalue weighted by Crippen LogP contribution is 2.34. The first-order valence-corrected chi connectivity index (χ1v) is 8.06. The summed E-state index contributed by atoms with van der Waals surface area (Å²) in [6.07, 6.45) is 2.48. The van der Waals surface area contributed by atoms with Crippen molar-refractivity contribution in [3.05, 3.63) is 35.6 Å². The molecule has 1 fully saturated rings. The summed E-state index contributed by atoms with van der Waals surface area (Å²) < 4.78 is 13.2. The second kappa shape index (κ2) is 7.11. The minimum Gasteiger partial charge on any atom is -0.481 e. The van der Waals surface area contributed by atoms with Crippen molar-refractivity contribution >= 4 is 11.9 Å². The molecule has 126 valence electrons. The number of hydrogen-bond acceptors (Lipinski definition) is 2. The predicted octanol–water partition coefficient (Wildman–Crippen LogP) is 3.11. The number of likely N-dealkylation sites (tertiary alicyclic amines) is 1. The van der Waals surface area contributed by atoms with Gasteiger partial charge in [-0.1, -0.05) is 12.1 Å². The lowest BCUT2D eigenvalue weighted by Crippen LogP contribution is -2.46. The highest BCUT2D eigenvalue weighted by Gasteiger charge is 2.39. The zero-order chi connectivity index (χ0) is 17.0. The van der Waals surface area contributed by atoms with E-state index in [9.17, 15) is 19.1 Å². The van der Waals surface area contributed by atoms with Crippen LogP contribution in [0, 0.1) is 17.2 Å². The lowest BCUT2D eigenvalue weighted by Gasteiger charge is -2.39. The SMILES string of the molecule is CC(C)(C(=O)O)[C@@H]1CCCN(C(=O)CCc2cccc(F)c2)C1. The maximum Gasteiger partial charge on any atom is 0.309 e. The molecule has 1 N–H and O–H groups in total. The molecule has 23 heavy (non-hydrogen) atoms. The maximum atomic E-state index is 13.2. The molecule has 4 nitrogen and oxygen atoms in total. The van der Waals surface area contributed by atoms with E-state index in [4.69, 9.17) is 0 Å². The Morgan fingerprint density at radius 3 is 2.78 bits per heavy atom. The van der Waals surface area contributed by atoms with E-state index in [-0.39, 0.29) is 17.6 Å². The summed E-state index contributed by atoms with van der Waals surface area (Å²) in [5.74, 6) is -1.14. The van der Waals surface area contributed by atoms with Crippen LogP contribution in [0.2, 0.25) is 0 Å². The fourth-order valence-corrected chi connectivity index (χ4v) is 3.07. The summed E-state index contributed by atoms with van der Waals surface area (Å²) in [5.41, 5.74) is -0.0283. The minimum atomic E-state index is -0.832. The van der Waals surface area contributed by atoms with Crippen molar-refractivity contribution < 1.29 is 19.1 Å². The van der Waals surface area contributed by atoms with E-state index >= 15 is 0 Å². The zero-order valence-corrected chi connectivity index (χ0v) is 13.7. The average Bonchev–Trinajstić information content (AvgIpc) is 2.52. The molecular formula is C18H24FNO3. The third kappa shape index (κ3) is 4.30. The Kier molecular flexibility index (Phi) is 5.39. The monoisotopic (exact) mass is 321 g/mol. The molecule has 0 radical (unpaired) electrons. The van der Waals surface area contributed by atoms with E-state index in [2.05, 4.69) is 0 Å². The van der Waals surface area contributed by atoms with Crippen LogP contribution >= 0.6 is 0 Å². The van der Waals surface area contributed by atoms with Gasteiger partial charge in [-0.2, -0.15) is 0 Å². The van der Waals surface area contributed by atoms with Crippen LogP contribution in [0.1, 0.15) is 38.7 Å². The van der Waals surface area contributed by atoms with Crippen LogP contribution in [0.4, 0.5) is 4.39 Å². The van der Waals surface area contributed by atoms with E-state index in [1.807, 2.05) is 6.07 Å². The van der Waals surface area contributed by atoms with Crippen molar-refractivity contribution in [2.24, 2.45) is 11.3 Å². The first-order valence-electron chi connectivity index (χ1n) is 8.06. The van der Waals surface area contributed by atoms with Gasteiger partial charge >= 0.3 is 5.97 Å². The van der Waals surface area contributed by atoms with Gasteiger partial charge < -0.3 is 10.0 Å². The Labute approximate surface area is 136 Å². The van der Waals surface area contributed by atoms with Crippen molar-refractivity contribution in [1.29, 1.82) is 0 Å². The third-order valence-corrected chi connectivity index (χ3v) is 4.86. The van der Waals surface area contributed by atoms with Crippen molar-refractivity contribution in [2.45, 2.75) is 39.5 Å². The molecule has 0 bridgehead atoms. The van der Waals surface area contributed by atoms with Gasteiger partial charge in [0.05, 0.1) is 5.41 Å². The smallest absolute Gasteiger partial charge is 0.309 e. The first kappa shape index (κ1) is 17.4. The lowest BCUT2D eigenvalue weighted by atomic mass is 9.74. The summed E-state index contributed by atoms with van der Waals surface area (Å²) in [5, 5.41) is 9.36. The van der Waals surface area contributed by atoms with Crippen LogP contribution in [-0.2, 0) is 16.0 Å². The maximum absolute atomic E-state index is 13.2. The van der Waals surface area contributed by atoms with E-state index in [0.717, 1.165) is 18.4 Å². The topological polar surface area (TPSA) is 57.6 Å². The van der Waals surface area contributed by atoms with Crippen molar-refractivity contribution in [2.75, 3.05) is 13.1 Å². The third-order valence-electron chi connectivity index (χ3n) is 4.86. The Balaban J connectivity index is 1.93. The van der Waals surface area contributed by atoms with E-state index in [1.54, 1.807) is 24.8 Å². The van der Waals surface area contributed by atoms with Crippen molar-refractivity contribution in [1.82, 2.24) is 4.90 Å². The van der Waals surface area contributed by atoms with E-state index < -0.39 is 11.4 Å². The van der Waals surface area contributed by atoms with Gasteiger partial charge in [0.2, 0.25) is 5.91 Å². The lowest BCUT2D eigenvalue weighted by molar-refractivity contribution is -0.153. The molecule has 1 atom stereocenters. The molecule has 0 unspecified atom stereocenters. The number of piperidine rings is 1. The quantitative estimate of drug-likeness (QED) is 0.906. The molecule has 2 rings (SSSR count). The Morgan fingerprint density at radius 2 is 2.13 bits per heavy atom. The number of carbonyl (C=O) groups is 2. The average molecular weight is 321 g/mol. The van der Waals surface area contributed by atoms with Gasteiger partial charge in [0.25, 0.3) is 0 Å². The van der Waals surface area contributed by atoms with Crippen molar-refractivity contribution in [3.8, 4) is 0 Å². The van der Waals surface area contributed by atoms with Gasteiger partial charge in [-0.25, -0.2) is 4.39 Å². The molecule has 5 heteroatoms. The van der Waals surface area contributed by atoms with E-state index in [1.165, 1.54) is 12.1 Å². The molecule has 0 aliphatic carbocycles. The van der Waals surface area contributed by atoms with Crippen molar-refractivity contribution in [3.63, 3.8) is 0 Å². The molecule has 1 aliphatic heterocycles. The summed E-state index contributed by atoms with van der Waals surface area (Å²) in [7, 11) is 0. The zero-order valence-electron chi connectivity index (χ0n) is 13.7. The molecule has 0 spiro atoms.